The van der Waals surface area contributed by atoms with Crippen LogP contribution in [0.3, 0.4) is 0 Å². The van der Waals surface area contributed by atoms with Crippen LogP contribution in [0.4, 0.5) is 0 Å². The first-order valence-corrected chi connectivity index (χ1v) is 7.01. The topological polar surface area (TPSA) is 68.4 Å². The van der Waals surface area contributed by atoms with Crippen LogP contribution in [0.25, 0.3) is 0 Å². The van der Waals surface area contributed by atoms with Crippen molar-refractivity contribution in [2.24, 2.45) is 11.1 Å². The molecule has 0 aromatic carbocycles. The van der Waals surface area contributed by atoms with Gasteiger partial charge in [-0.2, -0.15) is 0 Å². The smallest absolute Gasteiger partial charge is 0.144 e. The predicted molar refractivity (Wildman–Crippen MR) is 71.0 cm³/mol. The monoisotopic (exact) mass is 264 g/mol. The van der Waals surface area contributed by atoms with E-state index in [1.54, 1.807) is 18.0 Å². The molecule has 2 aliphatic rings. The van der Waals surface area contributed by atoms with Gasteiger partial charge in [-0.25, -0.2) is 0 Å². The second kappa shape index (κ2) is 4.26. The second-order valence-electron chi connectivity index (χ2n) is 5.01. The largest absolute Gasteiger partial charge is 0.506 e. The van der Waals surface area contributed by atoms with Crippen molar-refractivity contribution in [2.75, 3.05) is 5.75 Å². The molecule has 5 heteroatoms. The molecule has 2 aliphatic heterocycles. The van der Waals surface area contributed by atoms with Crippen molar-refractivity contribution in [1.29, 1.82) is 0 Å². The number of aromatic hydroxyl groups is 1. The summed E-state index contributed by atoms with van der Waals surface area (Å²) >= 11 is 1.78. The van der Waals surface area contributed by atoms with Gasteiger partial charge < -0.3 is 15.6 Å². The molecule has 0 bridgehead atoms. The fraction of sp³-hybridized carbons (Fsp3) is 0.462. The molecule has 0 spiro atoms. The molecule has 3 heterocycles. The Morgan fingerprint density at radius 3 is 3.17 bits per heavy atom. The number of rotatable bonds is 2. The third-order valence-electron chi connectivity index (χ3n) is 3.65. The summed E-state index contributed by atoms with van der Waals surface area (Å²) in [6.07, 6.45) is 3.83. The summed E-state index contributed by atoms with van der Waals surface area (Å²) < 4.78 is 5.89. The number of pyridine rings is 1. The highest BCUT2D eigenvalue weighted by Crippen LogP contribution is 2.51. The minimum absolute atomic E-state index is 0.0688. The maximum absolute atomic E-state index is 10.3. The van der Waals surface area contributed by atoms with Crippen LogP contribution in [0.2, 0.25) is 0 Å². The molecule has 1 aromatic heterocycles. The van der Waals surface area contributed by atoms with Gasteiger partial charge in [-0.1, -0.05) is 13.0 Å². The molecule has 3 rings (SSSR count). The van der Waals surface area contributed by atoms with Crippen molar-refractivity contribution in [3.05, 3.63) is 34.5 Å². The lowest BCUT2D eigenvalue weighted by Gasteiger charge is -2.29. The maximum Gasteiger partial charge on any atom is 0.144 e. The van der Waals surface area contributed by atoms with E-state index >= 15 is 0 Å². The molecule has 0 radical (unpaired) electrons. The van der Waals surface area contributed by atoms with Crippen LogP contribution in [-0.4, -0.2) is 15.8 Å². The van der Waals surface area contributed by atoms with Gasteiger partial charge in [0, 0.05) is 35.0 Å². The number of fused-ring (bicyclic) bond motifs is 1. The lowest BCUT2D eigenvalue weighted by Crippen LogP contribution is -2.24. The van der Waals surface area contributed by atoms with Gasteiger partial charge in [-0.15, -0.1) is 11.8 Å². The standard InChI is InChI=1S/C13H16N2O2S/c1-13(2-3-18-7-13)12-10-8(6-17-12)5-15-9(4-14)11(10)16/h2-3,5,12,16H,4,6-7,14H2,1H3. The van der Waals surface area contributed by atoms with Crippen molar-refractivity contribution in [3.63, 3.8) is 0 Å². The average Bonchev–Trinajstić information content (AvgIpc) is 2.97. The zero-order valence-electron chi connectivity index (χ0n) is 10.2. The third-order valence-corrected chi connectivity index (χ3v) is 4.77. The lowest BCUT2D eigenvalue weighted by molar-refractivity contribution is 0.00669. The molecule has 2 atom stereocenters. The van der Waals surface area contributed by atoms with Gasteiger partial charge in [0.2, 0.25) is 0 Å². The van der Waals surface area contributed by atoms with Crippen LogP contribution in [0, 0.1) is 5.41 Å². The van der Waals surface area contributed by atoms with Gasteiger partial charge in [-0.3, -0.25) is 4.98 Å². The van der Waals surface area contributed by atoms with Crippen LogP contribution in [0.5, 0.6) is 5.75 Å². The zero-order valence-corrected chi connectivity index (χ0v) is 11.0. The minimum Gasteiger partial charge on any atom is -0.506 e. The fourth-order valence-corrected chi connectivity index (χ4v) is 3.68. The predicted octanol–water partition coefficient (Wildman–Crippen LogP) is 2.08. The van der Waals surface area contributed by atoms with E-state index in [0.717, 1.165) is 16.9 Å². The molecule has 0 aliphatic carbocycles. The van der Waals surface area contributed by atoms with E-state index < -0.39 is 0 Å². The molecule has 18 heavy (non-hydrogen) atoms. The molecule has 0 amide bonds. The summed E-state index contributed by atoms with van der Waals surface area (Å²) in [7, 11) is 0. The number of thioether (sulfide) groups is 1. The number of aromatic nitrogens is 1. The first-order valence-electron chi connectivity index (χ1n) is 5.96. The second-order valence-corrected chi connectivity index (χ2v) is 5.90. The highest BCUT2D eigenvalue weighted by atomic mass is 32.2. The third kappa shape index (κ3) is 1.66. The summed E-state index contributed by atoms with van der Waals surface area (Å²) in [5.41, 5.74) is 7.92. The van der Waals surface area contributed by atoms with Crippen molar-refractivity contribution in [3.8, 4) is 5.75 Å². The van der Waals surface area contributed by atoms with Gasteiger partial charge in [-0.05, 0) is 5.41 Å². The van der Waals surface area contributed by atoms with Crippen molar-refractivity contribution >= 4 is 11.8 Å². The Bertz CT molecular complexity index is 518. The molecular formula is C13H16N2O2S. The molecule has 3 N–H and O–H groups in total. The van der Waals surface area contributed by atoms with Gasteiger partial charge in [0.25, 0.3) is 0 Å². The Labute approximate surface area is 110 Å². The van der Waals surface area contributed by atoms with Gasteiger partial charge in [0.15, 0.2) is 0 Å². The Balaban J connectivity index is 2.08. The Morgan fingerprint density at radius 1 is 1.67 bits per heavy atom. The average molecular weight is 264 g/mol. The molecule has 4 nitrogen and oxygen atoms in total. The Kier molecular flexibility index (Phi) is 2.84. The molecule has 0 saturated heterocycles. The quantitative estimate of drug-likeness (QED) is 0.856. The summed E-state index contributed by atoms with van der Waals surface area (Å²) in [6, 6.07) is 0. The van der Waals surface area contributed by atoms with Crippen molar-refractivity contribution in [2.45, 2.75) is 26.2 Å². The summed E-state index contributed by atoms with van der Waals surface area (Å²) in [5.74, 6) is 1.18. The minimum atomic E-state index is -0.105. The van der Waals surface area contributed by atoms with Gasteiger partial charge >= 0.3 is 0 Å². The highest BCUT2D eigenvalue weighted by Gasteiger charge is 2.42. The van der Waals surface area contributed by atoms with E-state index in [0.29, 0.717) is 12.3 Å². The van der Waals surface area contributed by atoms with E-state index in [9.17, 15) is 5.11 Å². The normalized spacial score (nSPS) is 29.8. The van der Waals surface area contributed by atoms with Crippen molar-refractivity contribution < 1.29 is 9.84 Å². The SMILES string of the molecule is CC1(C2OCc3cnc(CN)c(O)c32)C=CSC1. The van der Waals surface area contributed by atoms with Crippen LogP contribution in [0.1, 0.15) is 29.8 Å². The van der Waals surface area contributed by atoms with Gasteiger partial charge in [0.1, 0.15) is 5.75 Å². The summed E-state index contributed by atoms with van der Waals surface area (Å²) in [6.45, 7) is 2.91. The van der Waals surface area contributed by atoms with E-state index in [1.165, 1.54) is 0 Å². The van der Waals surface area contributed by atoms with Crippen molar-refractivity contribution in [1.82, 2.24) is 4.98 Å². The Hall–Kier alpha value is -1.04. The number of ether oxygens (including phenoxy) is 1. The summed E-state index contributed by atoms with van der Waals surface area (Å²) in [4.78, 5) is 4.17. The number of hydrogen-bond donors (Lipinski definition) is 2. The Morgan fingerprint density at radius 2 is 2.50 bits per heavy atom. The molecule has 96 valence electrons. The van der Waals surface area contributed by atoms with E-state index in [-0.39, 0.29) is 23.8 Å². The van der Waals surface area contributed by atoms with E-state index in [1.807, 2.05) is 0 Å². The summed E-state index contributed by atoms with van der Waals surface area (Å²) in [5, 5.41) is 12.4. The fourth-order valence-electron chi connectivity index (χ4n) is 2.57. The van der Waals surface area contributed by atoms with E-state index in [2.05, 4.69) is 23.4 Å². The number of nitrogens with zero attached hydrogens (tertiary/aromatic N) is 1. The van der Waals surface area contributed by atoms with Crippen LogP contribution in [-0.2, 0) is 17.9 Å². The first-order chi connectivity index (χ1) is 8.65. The zero-order chi connectivity index (χ0) is 12.8. The molecule has 2 unspecified atom stereocenters. The lowest BCUT2D eigenvalue weighted by atomic mass is 9.82. The molecule has 1 aromatic rings. The van der Waals surface area contributed by atoms with Crippen LogP contribution in [0.15, 0.2) is 17.7 Å². The van der Waals surface area contributed by atoms with Gasteiger partial charge in [0.05, 0.1) is 18.4 Å². The number of nitrogens with two attached hydrogens (primary N) is 1. The maximum atomic E-state index is 10.3. The van der Waals surface area contributed by atoms with Crippen LogP contribution >= 0.6 is 11.8 Å². The van der Waals surface area contributed by atoms with E-state index in [4.69, 9.17) is 10.5 Å². The molecule has 0 fully saturated rings. The molecular weight excluding hydrogens is 248 g/mol. The van der Waals surface area contributed by atoms with Crippen LogP contribution < -0.4 is 5.73 Å². The molecule has 0 saturated carbocycles. The number of hydrogen-bond acceptors (Lipinski definition) is 5. The highest BCUT2D eigenvalue weighted by molar-refractivity contribution is 8.02. The first kappa shape index (κ1) is 12.0.